The van der Waals surface area contributed by atoms with E-state index in [0.29, 0.717) is 12.4 Å². The van der Waals surface area contributed by atoms with Gasteiger partial charge in [0.1, 0.15) is 5.82 Å². The molecule has 1 aliphatic rings. The molecule has 0 aliphatic carbocycles. The molecule has 1 aliphatic heterocycles. The maximum absolute atomic E-state index is 11.4. The topological polar surface area (TPSA) is 85.2 Å². The van der Waals surface area contributed by atoms with Crippen molar-refractivity contribution >= 4 is 11.7 Å². The van der Waals surface area contributed by atoms with Gasteiger partial charge in [-0.3, -0.25) is 9.69 Å². The lowest BCUT2D eigenvalue weighted by Crippen LogP contribution is -2.47. The van der Waals surface area contributed by atoms with Gasteiger partial charge in [0.2, 0.25) is 5.91 Å². The molecule has 1 aromatic rings. The molecule has 1 atom stereocenters. The summed E-state index contributed by atoms with van der Waals surface area (Å²) < 4.78 is 0. The Balaban J connectivity index is 2.05. The van der Waals surface area contributed by atoms with E-state index < -0.39 is 0 Å². The van der Waals surface area contributed by atoms with Gasteiger partial charge in [0.25, 0.3) is 0 Å². The monoisotopic (exact) mass is 234 g/mol. The first kappa shape index (κ1) is 11.9. The van der Waals surface area contributed by atoms with Crippen LogP contribution in [-0.2, 0) is 11.3 Å². The second-order valence-corrected chi connectivity index (χ2v) is 4.48. The Bertz CT molecular complexity index is 390. The molecule has 2 rings (SSSR count). The van der Waals surface area contributed by atoms with Crippen LogP contribution >= 0.6 is 0 Å². The van der Waals surface area contributed by atoms with E-state index >= 15 is 0 Å². The zero-order valence-electron chi connectivity index (χ0n) is 9.80. The maximum atomic E-state index is 11.4. The smallest absolute Gasteiger partial charge is 0.234 e. The zero-order valence-corrected chi connectivity index (χ0v) is 9.80. The summed E-state index contributed by atoms with van der Waals surface area (Å²) in [5, 5.41) is 0. The van der Waals surface area contributed by atoms with Crippen LogP contribution in [0.3, 0.4) is 0 Å². The Morgan fingerprint density at radius 1 is 1.47 bits per heavy atom. The molecule has 92 valence electrons. The second kappa shape index (κ2) is 5.14. The first-order valence-electron chi connectivity index (χ1n) is 5.90. The maximum Gasteiger partial charge on any atom is 0.234 e. The highest BCUT2D eigenvalue weighted by Gasteiger charge is 2.26. The van der Waals surface area contributed by atoms with Crippen molar-refractivity contribution in [2.75, 3.05) is 12.3 Å². The number of likely N-dealkylation sites (tertiary alicyclic amines) is 1. The molecule has 0 spiro atoms. The molecule has 4 N–H and O–H groups in total. The summed E-state index contributed by atoms with van der Waals surface area (Å²) in [6.07, 6.45) is 4.80. The van der Waals surface area contributed by atoms with Crippen molar-refractivity contribution in [3.05, 3.63) is 23.9 Å². The van der Waals surface area contributed by atoms with Crippen LogP contribution in [0.1, 0.15) is 24.8 Å². The lowest BCUT2D eigenvalue weighted by molar-refractivity contribution is -0.124. The van der Waals surface area contributed by atoms with Crippen molar-refractivity contribution in [2.45, 2.75) is 31.8 Å². The van der Waals surface area contributed by atoms with Gasteiger partial charge >= 0.3 is 0 Å². The molecule has 1 saturated heterocycles. The Morgan fingerprint density at radius 2 is 2.29 bits per heavy atom. The number of nitrogen functional groups attached to an aromatic ring is 1. The number of anilines is 1. The number of carbonyl (C=O) groups is 1. The highest BCUT2D eigenvalue weighted by molar-refractivity contribution is 5.79. The number of hydrogen-bond donors (Lipinski definition) is 2. The number of pyridine rings is 1. The summed E-state index contributed by atoms with van der Waals surface area (Å²) in [6, 6.07) is 3.58. The van der Waals surface area contributed by atoms with Gasteiger partial charge in [-0.2, -0.15) is 0 Å². The summed E-state index contributed by atoms with van der Waals surface area (Å²) in [7, 11) is 0. The number of rotatable bonds is 3. The van der Waals surface area contributed by atoms with Crippen molar-refractivity contribution < 1.29 is 4.79 Å². The van der Waals surface area contributed by atoms with Gasteiger partial charge in [0.15, 0.2) is 0 Å². The van der Waals surface area contributed by atoms with Gasteiger partial charge in [0.05, 0.1) is 6.04 Å². The van der Waals surface area contributed by atoms with Crippen molar-refractivity contribution in [2.24, 2.45) is 5.73 Å². The van der Waals surface area contributed by atoms with Crippen LogP contribution in [0.15, 0.2) is 18.3 Å². The van der Waals surface area contributed by atoms with Gasteiger partial charge in [-0.25, -0.2) is 4.98 Å². The predicted octanol–water partition coefficient (Wildman–Crippen LogP) is 0.504. The molecular formula is C12H18N4O. The van der Waals surface area contributed by atoms with Crippen LogP contribution in [0.5, 0.6) is 0 Å². The van der Waals surface area contributed by atoms with Gasteiger partial charge in [-0.1, -0.05) is 12.5 Å². The molecule has 5 nitrogen and oxygen atoms in total. The number of nitrogens with two attached hydrogens (primary N) is 2. The van der Waals surface area contributed by atoms with E-state index in [4.69, 9.17) is 11.5 Å². The summed E-state index contributed by atoms with van der Waals surface area (Å²) in [5.41, 5.74) is 12.0. The van der Waals surface area contributed by atoms with E-state index in [9.17, 15) is 4.79 Å². The SMILES string of the molecule is NC(=O)C1CCCCN1Cc1ccc(N)nc1. The fraction of sp³-hybridized carbons (Fsp3) is 0.500. The van der Waals surface area contributed by atoms with Crippen LogP contribution in [0.25, 0.3) is 0 Å². The number of hydrogen-bond acceptors (Lipinski definition) is 4. The Morgan fingerprint density at radius 3 is 2.94 bits per heavy atom. The third kappa shape index (κ3) is 2.94. The van der Waals surface area contributed by atoms with E-state index in [1.807, 2.05) is 6.07 Å². The number of nitrogens with zero attached hydrogens (tertiary/aromatic N) is 2. The molecule has 17 heavy (non-hydrogen) atoms. The minimum Gasteiger partial charge on any atom is -0.384 e. The Hall–Kier alpha value is -1.62. The van der Waals surface area contributed by atoms with E-state index in [1.54, 1.807) is 12.3 Å². The molecule has 1 aromatic heterocycles. The Kier molecular flexibility index (Phi) is 3.58. The lowest BCUT2D eigenvalue weighted by Gasteiger charge is -2.33. The van der Waals surface area contributed by atoms with Crippen LogP contribution in [-0.4, -0.2) is 28.4 Å². The number of amides is 1. The number of primary amides is 1. The summed E-state index contributed by atoms with van der Waals surface area (Å²) in [4.78, 5) is 17.5. The zero-order chi connectivity index (χ0) is 12.3. The van der Waals surface area contributed by atoms with Gasteiger partial charge < -0.3 is 11.5 Å². The highest BCUT2D eigenvalue weighted by atomic mass is 16.1. The summed E-state index contributed by atoms with van der Waals surface area (Å²) in [6.45, 7) is 1.62. The molecule has 0 saturated carbocycles. The van der Waals surface area contributed by atoms with Crippen LogP contribution in [0.2, 0.25) is 0 Å². The van der Waals surface area contributed by atoms with Crippen molar-refractivity contribution in [3.8, 4) is 0 Å². The largest absolute Gasteiger partial charge is 0.384 e. The van der Waals surface area contributed by atoms with E-state index in [2.05, 4.69) is 9.88 Å². The molecule has 2 heterocycles. The summed E-state index contributed by atoms with van der Waals surface area (Å²) in [5.74, 6) is 0.284. The predicted molar refractivity (Wildman–Crippen MR) is 65.9 cm³/mol. The molecule has 1 fully saturated rings. The lowest BCUT2D eigenvalue weighted by atomic mass is 10.0. The first-order valence-corrected chi connectivity index (χ1v) is 5.90. The summed E-state index contributed by atoms with van der Waals surface area (Å²) >= 11 is 0. The first-order chi connectivity index (χ1) is 8.16. The molecule has 1 amide bonds. The van der Waals surface area contributed by atoms with Gasteiger partial charge in [-0.05, 0) is 31.0 Å². The molecule has 0 bridgehead atoms. The van der Waals surface area contributed by atoms with Crippen LogP contribution in [0, 0.1) is 0 Å². The second-order valence-electron chi connectivity index (χ2n) is 4.48. The average molecular weight is 234 g/mol. The molecule has 0 radical (unpaired) electrons. The van der Waals surface area contributed by atoms with Crippen molar-refractivity contribution in [1.82, 2.24) is 9.88 Å². The minimum atomic E-state index is -0.229. The number of piperidine rings is 1. The normalized spacial score (nSPS) is 21.3. The van der Waals surface area contributed by atoms with Crippen LogP contribution < -0.4 is 11.5 Å². The van der Waals surface area contributed by atoms with Gasteiger partial charge in [0, 0.05) is 12.7 Å². The van der Waals surface area contributed by atoms with E-state index in [1.165, 1.54) is 0 Å². The fourth-order valence-electron chi connectivity index (χ4n) is 2.27. The quantitative estimate of drug-likeness (QED) is 0.797. The standard InChI is InChI=1S/C12H18N4O/c13-11-5-4-9(7-15-11)8-16-6-2-1-3-10(16)12(14)17/h4-5,7,10H,1-3,6,8H2,(H2,13,15)(H2,14,17). The highest BCUT2D eigenvalue weighted by Crippen LogP contribution is 2.19. The van der Waals surface area contributed by atoms with Crippen molar-refractivity contribution in [1.29, 1.82) is 0 Å². The average Bonchev–Trinajstić information content (AvgIpc) is 2.32. The molecule has 1 unspecified atom stereocenters. The number of aromatic nitrogens is 1. The number of carbonyl (C=O) groups excluding carboxylic acids is 1. The van der Waals surface area contributed by atoms with Crippen molar-refractivity contribution in [3.63, 3.8) is 0 Å². The fourth-order valence-corrected chi connectivity index (χ4v) is 2.27. The van der Waals surface area contributed by atoms with E-state index in [0.717, 1.165) is 31.4 Å². The minimum absolute atomic E-state index is 0.138. The Labute approximate surface area is 101 Å². The van der Waals surface area contributed by atoms with Crippen LogP contribution in [0.4, 0.5) is 5.82 Å². The molecule has 0 aromatic carbocycles. The third-order valence-corrected chi connectivity index (χ3v) is 3.18. The van der Waals surface area contributed by atoms with E-state index in [-0.39, 0.29) is 11.9 Å². The van der Waals surface area contributed by atoms with Gasteiger partial charge in [-0.15, -0.1) is 0 Å². The molecule has 5 heteroatoms. The molecular weight excluding hydrogens is 216 g/mol. The third-order valence-electron chi connectivity index (χ3n) is 3.18.